The highest BCUT2D eigenvalue weighted by molar-refractivity contribution is 7.16. The lowest BCUT2D eigenvalue weighted by Gasteiger charge is -2.09. The van der Waals surface area contributed by atoms with Gasteiger partial charge in [-0.05, 0) is 49.6 Å². The molecule has 23 heavy (non-hydrogen) atoms. The predicted molar refractivity (Wildman–Crippen MR) is 93.5 cm³/mol. The molecule has 1 aromatic carbocycles. The Morgan fingerprint density at radius 3 is 2.78 bits per heavy atom. The van der Waals surface area contributed by atoms with E-state index >= 15 is 0 Å². The van der Waals surface area contributed by atoms with E-state index in [0.29, 0.717) is 21.3 Å². The normalized spacial score (nSPS) is 10.2. The summed E-state index contributed by atoms with van der Waals surface area (Å²) in [6, 6.07) is 7.39. The number of aryl methyl sites for hydroxylation is 2. The highest BCUT2D eigenvalue weighted by Gasteiger charge is 2.16. The van der Waals surface area contributed by atoms with Gasteiger partial charge >= 0.3 is 0 Å². The van der Waals surface area contributed by atoms with Gasteiger partial charge in [-0.15, -0.1) is 11.3 Å². The van der Waals surface area contributed by atoms with Crippen LogP contribution < -0.4 is 10.1 Å². The third-order valence-electron chi connectivity index (χ3n) is 3.42. The van der Waals surface area contributed by atoms with Crippen molar-refractivity contribution in [3.05, 3.63) is 44.8 Å². The van der Waals surface area contributed by atoms with Crippen molar-refractivity contribution in [1.29, 1.82) is 5.26 Å². The first kappa shape index (κ1) is 17.3. The Bertz CT molecular complexity index is 778. The standard InChI is InChI=1S/C17H17ClN2O2S/c1-4-13-11(3)23-17(14(13)8-19)20-16(21)9-22-15-6-5-12(18)7-10(15)2/h5-7H,4,9H2,1-3H3,(H,20,21). The van der Waals surface area contributed by atoms with Crippen LogP contribution in [-0.2, 0) is 11.2 Å². The molecule has 0 radical (unpaired) electrons. The molecule has 0 saturated heterocycles. The maximum Gasteiger partial charge on any atom is 0.262 e. The number of nitrogens with zero attached hydrogens (tertiary/aromatic N) is 1. The smallest absolute Gasteiger partial charge is 0.262 e. The molecule has 0 atom stereocenters. The molecule has 1 aromatic heterocycles. The number of hydrogen-bond donors (Lipinski definition) is 1. The Kier molecular flexibility index (Phi) is 5.64. The third-order valence-corrected chi connectivity index (χ3v) is 4.72. The molecule has 4 nitrogen and oxygen atoms in total. The largest absolute Gasteiger partial charge is 0.483 e. The maximum atomic E-state index is 12.1. The van der Waals surface area contributed by atoms with Crippen molar-refractivity contribution in [2.24, 2.45) is 0 Å². The van der Waals surface area contributed by atoms with Crippen LogP contribution in [0.25, 0.3) is 0 Å². The zero-order chi connectivity index (χ0) is 17.0. The van der Waals surface area contributed by atoms with Crippen molar-refractivity contribution in [2.75, 3.05) is 11.9 Å². The summed E-state index contributed by atoms with van der Waals surface area (Å²) in [5.74, 6) is 0.321. The molecule has 2 rings (SSSR count). The van der Waals surface area contributed by atoms with E-state index < -0.39 is 0 Å². The van der Waals surface area contributed by atoms with E-state index in [1.54, 1.807) is 18.2 Å². The average Bonchev–Trinajstić information content (AvgIpc) is 2.80. The van der Waals surface area contributed by atoms with Crippen LogP contribution in [0.3, 0.4) is 0 Å². The fourth-order valence-electron chi connectivity index (χ4n) is 2.29. The summed E-state index contributed by atoms with van der Waals surface area (Å²) in [6.07, 6.45) is 0.765. The molecule has 120 valence electrons. The van der Waals surface area contributed by atoms with E-state index in [1.807, 2.05) is 20.8 Å². The molecule has 0 aliphatic heterocycles. The van der Waals surface area contributed by atoms with Crippen LogP contribution in [-0.4, -0.2) is 12.5 Å². The molecule has 0 aliphatic carbocycles. The number of anilines is 1. The van der Waals surface area contributed by atoms with Crippen LogP contribution in [0.2, 0.25) is 5.02 Å². The van der Waals surface area contributed by atoms with Gasteiger partial charge in [0.15, 0.2) is 6.61 Å². The number of rotatable bonds is 5. The Morgan fingerprint density at radius 1 is 1.43 bits per heavy atom. The first-order chi connectivity index (χ1) is 11.0. The number of carbonyl (C=O) groups excluding carboxylic acids is 1. The van der Waals surface area contributed by atoms with Crippen molar-refractivity contribution in [3.8, 4) is 11.8 Å². The van der Waals surface area contributed by atoms with Gasteiger partial charge in [-0.2, -0.15) is 5.26 Å². The quantitative estimate of drug-likeness (QED) is 0.867. The molecule has 0 spiro atoms. The Hall–Kier alpha value is -2.03. The lowest BCUT2D eigenvalue weighted by Crippen LogP contribution is -2.20. The number of thiophene rings is 1. The molecule has 1 heterocycles. The van der Waals surface area contributed by atoms with Gasteiger partial charge in [-0.1, -0.05) is 18.5 Å². The minimum absolute atomic E-state index is 0.119. The highest BCUT2D eigenvalue weighted by Crippen LogP contribution is 2.32. The summed E-state index contributed by atoms with van der Waals surface area (Å²) < 4.78 is 5.51. The lowest BCUT2D eigenvalue weighted by molar-refractivity contribution is -0.118. The molecule has 0 bridgehead atoms. The van der Waals surface area contributed by atoms with Crippen molar-refractivity contribution in [1.82, 2.24) is 0 Å². The Labute approximate surface area is 144 Å². The van der Waals surface area contributed by atoms with Gasteiger partial charge < -0.3 is 10.1 Å². The minimum atomic E-state index is -0.292. The van der Waals surface area contributed by atoms with E-state index in [9.17, 15) is 10.1 Å². The molecule has 6 heteroatoms. The van der Waals surface area contributed by atoms with E-state index in [-0.39, 0.29) is 12.5 Å². The summed E-state index contributed by atoms with van der Waals surface area (Å²) in [6.45, 7) is 5.69. The van der Waals surface area contributed by atoms with Gasteiger partial charge in [-0.25, -0.2) is 0 Å². The van der Waals surface area contributed by atoms with Crippen LogP contribution in [0.15, 0.2) is 18.2 Å². The molecular formula is C17H17ClN2O2S. The van der Waals surface area contributed by atoms with Gasteiger partial charge in [-0.3, -0.25) is 4.79 Å². The van der Waals surface area contributed by atoms with Crippen LogP contribution in [0.5, 0.6) is 5.75 Å². The monoisotopic (exact) mass is 348 g/mol. The third kappa shape index (κ3) is 4.04. The molecule has 1 N–H and O–H groups in total. The molecule has 0 fully saturated rings. The summed E-state index contributed by atoms with van der Waals surface area (Å²) in [4.78, 5) is 13.1. The van der Waals surface area contributed by atoms with Crippen LogP contribution in [0, 0.1) is 25.2 Å². The van der Waals surface area contributed by atoms with Crippen molar-refractivity contribution in [2.45, 2.75) is 27.2 Å². The second-order valence-corrected chi connectivity index (χ2v) is 6.71. The molecule has 0 unspecified atom stereocenters. The van der Waals surface area contributed by atoms with Gasteiger partial charge in [0.1, 0.15) is 16.8 Å². The fraction of sp³-hybridized carbons (Fsp3) is 0.294. The Balaban J connectivity index is 2.04. The molecule has 1 amide bonds. The van der Waals surface area contributed by atoms with Crippen molar-refractivity contribution >= 4 is 33.8 Å². The minimum Gasteiger partial charge on any atom is -0.483 e. The molecular weight excluding hydrogens is 332 g/mol. The topological polar surface area (TPSA) is 62.1 Å². The first-order valence-electron chi connectivity index (χ1n) is 7.17. The van der Waals surface area contributed by atoms with Crippen LogP contribution >= 0.6 is 22.9 Å². The van der Waals surface area contributed by atoms with Gasteiger partial charge in [0.25, 0.3) is 5.91 Å². The zero-order valence-electron chi connectivity index (χ0n) is 13.2. The SMILES string of the molecule is CCc1c(C)sc(NC(=O)COc2ccc(Cl)cc2C)c1C#N. The molecule has 0 aliphatic rings. The number of ether oxygens (including phenoxy) is 1. The number of halogens is 1. The second kappa shape index (κ2) is 7.49. The van der Waals surface area contributed by atoms with Gasteiger partial charge in [0.2, 0.25) is 0 Å². The number of nitrogens with one attached hydrogen (secondary N) is 1. The number of nitriles is 1. The van der Waals surface area contributed by atoms with Crippen molar-refractivity contribution in [3.63, 3.8) is 0 Å². The van der Waals surface area contributed by atoms with E-state index in [0.717, 1.165) is 22.4 Å². The summed E-state index contributed by atoms with van der Waals surface area (Å²) in [5, 5.41) is 13.3. The van der Waals surface area contributed by atoms with Crippen LogP contribution in [0.4, 0.5) is 5.00 Å². The number of carbonyl (C=O) groups is 1. The highest BCUT2D eigenvalue weighted by atomic mass is 35.5. The van der Waals surface area contributed by atoms with Crippen LogP contribution in [0.1, 0.15) is 28.5 Å². The molecule has 2 aromatic rings. The predicted octanol–water partition coefficient (Wildman–Crippen LogP) is 4.47. The zero-order valence-corrected chi connectivity index (χ0v) is 14.8. The number of hydrogen-bond acceptors (Lipinski definition) is 4. The first-order valence-corrected chi connectivity index (χ1v) is 8.36. The lowest BCUT2D eigenvalue weighted by atomic mass is 10.1. The summed E-state index contributed by atoms with van der Waals surface area (Å²) >= 11 is 7.30. The maximum absolute atomic E-state index is 12.1. The van der Waals surface area contributed by atoms with Gasteiger partial charge in [0, 0.05) is 9.90 Å². The van der Waals surface area contributed by atoms with E-state index in [1.165, 1.54) is 11.3 Å². The van der Waals surface area contributed by atoms with Gasteiger partial charge in [0.05, 0.1) is 5.56 Å². The van der Waals surface area contributed by atoms with E-state index in [2.05, 4.69) is 11.4 Å². The fourth-order valence-corrected chi connectivity index (χ4v) is 3.63. The Morgan fingerprint density at radius 2 is 2.17 bits per heavy atom. The molecule has 0 saturated carbocycles. The summed E-state index contributed by atoms with van der Waals surface area (Å²) in [7, 11) is 0. The second-order valence-electron chi connectivity index (χ2n) is 5.05. The number of amides is 1. The summed E-state index contributed by atoms with van der Waals surface area (Å²) in [5.41, 5.74) is 2.40. The van der Waals surface area contributed by atoms with E-state index in [4.69, 9.17) is 16.3 Å². The van der Waals surface area contributed by atoms with Crippen molar-refractivity contribution < 1.29 is 9.53 Å². The average molecular weight is 349 g/mol. The number of benzene rings is 1.